The van der Waals surface area contributed by atoms with Gasteiger partial charge >= 0.3 is 0 Å². The van der Waals surface area contributed by atoms with Crippen LogP contribution >= 0.6 is 11.6 Å². The lowest BCUT2D eigenvalue weighted by molar-refractivity contribution is 0.0952. The van der Waals surface area contributed by atoms with E-state index in [1.807, 2.05) is 0 Å². The summed E-state index contributed by atoms with van der Waals surface area (Å²) < 4.78 is 33.3. The molecule has 3 aromatic rings. The minimum atomic E-state index is -4.18. The predicted octanol–water partition coefficient (Wildman–Crippen LogP) is 5.44. The Morgan fingerprint density at radius 2 is 1.74 bits per heavy atom. The van der Waals surface area contributed by atoms with Crippen LogP contribution in [0.3, 0.4) is 0 Å². The van der Waals surface area contributed by atoms with Gasteiger partial charge in [-0.1, -0.05) is 47.1 Å². The van der Waals surface area contributed by atoms with Crippen molar-refractivity contribution in [1.29, 1.82) is 0 Å². The lowest BCUT2D eigenvalue weighted by Gasteiger charge is -2.24. The molecule has 8 nitrogen and oxygen atoms in total. The van der Waals surface area contributed by atoms with Crippen LogP contribution < -0.4 is 24.7 Å². The zero-order valence-electron chi connectivity index (χ0n) is 21.9. The van der Waals surface area contributed by atoms with Gasteiger partial charge in [0.1, 0.15) is 5.75 Å². The van der Waals surface area contributed by atoms with Crippen molar-refractivity contribution in [2.24, 2.45) is 5.92 Å². The molecule has 208 valence electrons. The number of carbonyl (C=O) groups excluding carboxylic acids is 1. The third-order valence-electron chi connectivity index (χ3n) is 6.70. The Hall–Kier alpha value is -3.27. The van der Waals surface area contributed by atoms with Crippen molar-refractivity contribution >= 4 is 33.2 Å². The van der Waals surface area contributed by atoms with E-state index in [1.165, 1.54) is 62.8 Å². The molecule has 0 aliphatic carbocycles. The number of hydrogen-bond acceptors (Lipinski definition) is 6. The highest BCUT2D eigenvalue weighted by molar-refractivity contribution is 7.92. The van der Waals surface area contributed by atoms with Crippen LogP contribution in [0.25, 0.3) is 0 Å². The normalized spacial score (nSPS) is 14.0. The summed E-state index contributed by atoms with van der Waals surface area (Å²) in [5.41, 5.74) is 0.674. The lowest BCUT2D eigenvalue weighted by Crippen LogP contribution is -2.34. The number of benzene rings is 3. The number of rotatable bonds is 12. The molecule has 39 heavy (non-hydrogen) atoms. The fourth-order valence-electron chi connectivity index (χ4n) is 4.47. The van der Waals surface area contributed by atoms with Crippen LogP contribution in [0.15, 0.2) is 77.7 Å². The summed E-state index contributed by atoms with van der Waals surface area (Å²) in [6, 6.07) is 18.9. The van der Waals surface area contributed by atoms with Gasteiger partial charge in [-0.25, -0.2) is 0 Å². The summed E-state index contributed by atoms with van der Waals surface area (Å²) in [7, 11) is -2.67. The molecule has 0 unspecified atom stereocenters. The van der Waals surface area contributed by atoms with Crippen LogP contribution in [0.5, 0.6) is 11.5 Å². The Morgan fingerprint density at radius 1 is 1.03 bits per heavy atom. The number of carbonyl (C=O) groups is 1. The number of para-hydroxylation sites is 1. The number of piperidine rings is 1. The Morgan fingerprint density at radius 3 is 2.41 bits per heavy atom. The van der Waals surface area contributed by atoms with Crippen molar-refractivity contribution in [3.05, 3.63) is 83.4 Å². The molecule has 0 bridgehead atoms. The molecule has 1 aliphatic heterocycles. The molecule has 1 amide bonds. The van der Waals surface area contributed by atoms with Crippen LogP contribution in [0.4, 0.5) is 5.69 Å². The fourth-order valence-corrected chi connectivity index (χ4v) is 5.92. The second kappa shape index (κ2) is 13.7. The molecular weight excluding hydrogens is 538 g/mol. The SMILES string of the molecule is COc1ccc(ON(c2ccccc2)S(=O)(=O)c2ccc(C(=O)NCCCCC3CCNCC3)cc2)c(Cl)c1. The molecule has 4 rings (SSSR count). The predicted molar refractivity (Wildman–Crippen MR) is 153 cm³/mol. The van der Waals surface area contributed by atoms with E-state index in [0.29, 0.717) is 17.9 Å². The highest BCUT2D eigenvalue weighted by atomic mass is 35.5. The van der Waals surface area contributed by atoms with Crippen LogP contribution in [0, 0.1) is 5.92 Å². The van der Waals surface area contributed by atoms with E-state index in [4.69, 9.17) is 21.2 Å². The maximum atomic E-state index is 13.7. The molecule has 0 radical (unpaired) electrons. The summed E-state index contributed by atoms with van der Waals surface area (Å²) in [6.07, 6.45) is 5.63. The molecule has 3 aromatic carbocycles. The van der Waals surface area contributed by atoms with Gasteiger partial charge in [0.05, 0.1) is 22.7 Å². The second-order valence-electron chi connectivity index (χ2n) is 9.42. The maximum absolute atomic E-state index is 13.7. The zero-order valence-corrected chi connectivity index (χ0v) is 23.5. The number of nitrogens with zero attached hydrogens (tertiary/aromatic N) is 1. The molecule has 0 aromatic heterocycles. The Kier molecular flexibility index (Phi) is 10.1. The topological polar surface area (TPSA) is 97.0 Å². The van der Waals surface area contributed by atoms with Gasteiger partial charge in [-0.05, 0) is 86.8 Å². The van der Waals surface area contributed by atoms with Gasteiger partial charge in [0.25, 0.3) is 15.9 Å². The van der Waals surface area contributed by atoms with E-state index < -0.39 is 10.0 Å². The summed E-state index contributed by atoms with van der Waals surface area (Å²) in [5, 5.41) is 6.50. The van der Waals surface area contributed by atoms with Crippen LogP contribution in [-0.2, 0) is 10.0 Å². The quantitative estimate of drug-likeness (QED) is 0.222. The first-order chi connectivity index (χ1) is 18.9. The molecule has 1 heterocycles. The molecule has 10 heteroatoms. The molecule has 0 atom stereocenters. The van der Waals surface area contributed by atoms with Crippen molar-refractivity contribution < 1.29 is 22.8 Å². The average Bonchev–Trinajstić information content (AvgIpc) is 2.97. The smallest absolute Gasteiger partial charge is 0.295 e. The second-order valence-corrected chi connectivity index (χ2v) is 11.6. The van der Waals surface area contributed by atoms with Gasteiger partial charge in [0.15, 0.2) is 5.75 Å². The molecule has 1 fully saturated rings. The minimum Gasteiger partial charge on any atom is -0.497 e. The van der Waals surface area contributed by atoms with Crippen molar-refractivity contribution in [2.45, 2.75) is 37.0 Å². The van der Waals surface area contributed by atoms with Crippen molar-refractivity contribution in [3.8, 4) is 11.5 Å². The third-order valence-corrected chi connectivity index (χ3v) is 8.59. The highest BCUT2D eigenvalue weighted by Gasteiger charge is 2.28. The lowest BCUT2D eigenvalue weighted by atomic mass is 9.92. The van der Waals surface area contributed by atoms with Crippen LogP contribution in [-0.4, -0.2) is 41.1 Å². The van der Waals surface area contributed by atoms with Crippen molar-refractivity contribution in [1.82, 2.24) is 10.6 Å². The van der Waals surface area contributed by atoms with E-state index in [9.17, 15) is 13.2 Å². The number of unbranched alkanes of at least 4 members (excludes halogenated alkanes) is 1. The van der Waals surface area contributed by atoms with Gasteiger partial charge in [-0.3, -0.25) is 4.79 Å². The monoisotopic (exact) mass is 571 g/mol. The van der Waals surface area contributed by atoms with Gasteiger partial charge in [-0.15, -0.1) is 0 Å². The molecular formula is C29H34ClN3O5S. The Bertz CT molecular complexity index is 1330. The number of ether oxygens (including phenoxy) is 1. The molecule has 2 N–H and O–H groups in total. The first kappa shape index (κ1) is 28.7. The van der Waals surface area contributed by atoms with Gasteiger partial charge in [0, 0.05) is 18.2 Å². The number of methoxy groups -OCH3 is 1. The highest BCUT2D eigenvalue weighted by Crippen LogP contribution is 2.33. The molecule has 0 spiro atoms. The van der Waals surface area contributed by atoms with E-state index in [-0.39, 0.29) is 27.3 Å². The standard InChI is InChI=1S/C29H34ClN3O5S/c1-37-25-12-15-28(27(30)21-25)38-33(24-8-3-2-4-9-24)39(35,36)26-13-10-23(11-14-26)29(34)32-18-6-5-7-22-16-19-31-20-17-22/h2-4,8-15,21-22,31H,5-7,16-20H2,1H3,(H,32,34). The summed E-state index contributed by atoms with van der Waals surface area (Å²) in [5.74, 6) is 1.19. The van der Waals surface area contributed by atoms with Crippen molar-refractivity contribution in [3.63, 3.8) is 0 Å². The first-order valence-electron chi connectivity index (χ1n) is 13.1. The molecule has 0 saturated carbocycles. The maximum Gasteiger partial charge on any atom is 0.295 e. The van der Waals surface area contributed by atoms with E-state index in [1.54, 1.807) is 36.4 Å². The molecule has 1 aliphatic rings. The van der Waals surface area contributed by atoms with Gasteiger partial charge < -0.3 is 20.2 Å². The fraction of sp³-hybridized carbons (Fsp3) is 0.345. The van der Waals surface area contributed by atoms with E-state index in [2.05, 4.69) is 10.6 Å². The minimum absolute atomic E-state index is 0.0329. The number of nitrogens with one attached hydrogen (secondary N) is 2. The largest absolute Gasteiger partial charge is 0.497 e. The van der Waals surface area contributed by atoms with E-state index in [0.717, 1.165) is 36.3 Å². The Balaban J connectivity index is 1.42. The van der Waals surface area contributed by atoms with Crippen molar-refractivity contribution in [2.75, 3.05) is 31.2 Å². The number of amides is 1. The number of anilines is 1. The zero-order chi connectivity index (χ0) is 27.7. The average molecular weight is 572 g/mol. The number of halogens is 1. The number of hydrogen-bond donors (Lipinski definition) is 2. The van der Waals surface area contributed by atoms with Gasteiger partial charge in [0.2, 0.25) is 0 Å². The summed E-state index contributed by atoms with van der Waals surface area (Å²) in [4.78, 5) is 18.4. The van der Waals surface area contributed by atoms with Crippen LogP contribution in [0.1, 0.15) is 42.5 Å². The summed E-state index contributed by atoms with van der Waals surface area (Å²) in [6.45, 7) is 2.78. The molecule has 1 saturated heterocycles. The third kappa shape index (κ3) is 7.65. The van der Waals surface area contributed by atoms with E-state index >= 15 is 0 Å². The number of sulfonamides is 1. The first-order valence-corrected chi connectivity index (χ1v) is 14.9. The van der Waals surface area contributed by atoms with Crippen LogP contribution in [0.2, 0.25) is 5.02 Å². The summed E-state index contributed by atoms with van der Waals surface area (Å²) >= 11 is 6.32. The van der Waals surface area contributed by atoms with Gasteiger partial charge in [-0.2, -0.15) is 8.42 Å². The Labute approximate surface area is 235 Å².